The van der Waals surface area contributed by atoms with Crippen LogP contribution in [0.3, 0.4) is 0 Å². The molecule has 11 heteroatoms. The van der Waals surface area contributed by atoms with Crippen molar-refractivity contribution >= 4 is 37.6 Å². The lowest BCUT2D eigenvalue weighted by molar-refractivity contribution is -0.0858. The quantitative estimate of drug-likeness (QED) is 0.706. The van der Waals surface area contributed by atoms with Crippen LogP contribution in [0, 0.1) is 0 Å². The van der Waals surface area contributed by atoms with E-state index in [1.54, 1.807) is 18.2 Å². The molecule has 0 amide bonds. The number of alkyl halides is 3. The largest absolute Gasteiger partial charge is 0.419 e. The molecular weight excluding hydrogens is 403 g/mol. The Bertz CT molecular complexity index is 1050. The summed E-state index contributed by atoms with van der Waals surface area (Å²) in [5, 5.41) is 0. The van der Waals surface area contributed by atoms with Crippen LogP contribution < -0.4 is 0 Å². The lowest BCUT2D eigenvalue weighted by Crippen LogP contribution is -2.34. The zero-order valence-corrected chi connectivity index (χ0v) is 15.8. The van der Waals surface area contributed by atoms with Gasteiger partial charge in [0.15, 0.2) is 20.7 Å². The molecule has 6 nitrogen and oxygen atoms in total. The summed E-state index contributed by atoms with van der Waals surface area (Å²) in [6.07, 6.45) is -4.83. The SMILES string of the molecule is CCS(=O)(=O)c1ccccc1C1N=C2C=C(C(F)(F)F)C(=S=O)N=C2N1C. The molecule has 2 aliphatic heterocycles. The molecular formula is C16H14F3N3O3S2. The van der Waals surface area contributed by atoms with Crippen LogP contribution in [-0.4, -0.2) is 53.0 Å². The fourth-order valence-electron chi connectivity index (χ4n) is 2.84. The summed E-state index contributed by atoms with van der Waals surface area (Å²) >= 11 is -0.347. The van der Waals surface area contributed by atoms with Crippen molar-refractivity contribution in [3.63, 3.8) is 0 Å². The van der Waals surface area contributed by atoms with Crippen LogP contribution in [0.1, 0.15) is 18.7 Å². The van der Waals surface area contributed by atoms with Gasteiger partial charge in [0.25, 0.3) is 0 Å². The van der Waals surface area contributed by atoms with Gasteiger partial charge in [-0.3, -0.25) is 4.99 Å². The van der Waals surface area contributed by atoms with Gasteiger partial charge in [0.2, 0.25) is 0 Å². The Kier molecular flexibility index (Phi) is 4.85. The Balaban J connectivity index is 2.15. The monoisotopic (exact) mass is 417 g/mol. The van der Waals surface area contributed by atoms with Crippen molar-refractivity contribution in [2.45, 2.75) is 24.2 Å². The number of halogens is 3. The molecule has 0 fully saturated rings. The third kappa shape index (κ3) is 3.36. The number of hydrogen-bond donors (Lipinski definition) is 0. The van der Waals surface area contributed by atoms with Crippen molar-refractivity contribution in [2.24, 2.45) is 9.98 Å². The molecule has 1 aromatic carbocycles. The minimum Gasteiger partial charge on any atom is -0.332 e. The Morgan fingerprint density at radius 1 is 1.26 bits per heavy atom. The molecule has 3 rings (SSSR count). The normalized spacial score (nSPS) is 20.0. The summed E-state index contributed by atoms with van der Waals surface area (Å²) in [4.78, 5) is 8.90. The number of nitrogens with zero attached hydrogens (tertiary/aromatic N) is 3. The predicted molar refractivity (Wildman–Crippen MR) is 96.8 cm³/mol. The second-order valence-corrected chi connectivity index (χ2v) is 8.62. The Morgan fingerprint density at radius 3 is 2.52 bits per heavy atom. The molecule has 0 bridgehead atoms. The molecule has 1 atom stereocenters. The van der Waals surface area contributed by atoms with E-state index < -0.39 is 32.7 Å². The van der Waals surface area contributed by atoms with Gasteiger partial charge in [-0.1, -0.05) is 25.1 Å². The van der Waals surface area contributed by atoms with Crippen molar-refractivity contribution in [3.05, 3.63) is 41.5 Å². The van der Waals surface area contributed by atoms with E-state index in [-0.39, 0.29) is 33.5 Å². The first kappa shape index (κ1) is 19.5. The van der Waals surface area contributed by atoms with Crippen molar-refractivity contribution in [2.75, 3.05) is 12.8 Å². The van der Waals surface area contributed by atoms with Gasteiger partial charge in [-0.2, -0.15) is 13.2 Å². The molecule has 1 unspecified atom stereocenters. The fraction of sp³-hybridized carbons (Fsp3) is 0.312. The Morgan fingerprint density at radius 2 is 1.93 bits per heavy atom. The second kappa shape index (κ2) is 6.71. The number of fused-ring (bicyclic) bond motifs is 1. The Labute approximate surface area is 157 Å². The van der Waals surface area contributed by atoms with Crippen molar-refractivity contribution in [3.8, 4) is 0 Å². The number of aliphatic imine (C=N–C) groups is 2. The highest BCUT2D eigenvalue weighted by molar-refractivity contribution is 7.91. The van der Waals surface area contributed by atoms with Crippen LogP contribution in [0.5, 0.6) is 0 Å². The van der Waals surface area contributed by atoms with Gasteiger partial charge in [-0.15, -0.1) is 0 Å². The van der Waals surface area contributed by atoms with Gasteiger partial charge in [0.1, 0.15) is 23.1 Å². The van der Waals surface area contributed by atoms with E-state index >= 15 is 0 Å². The van der Waals surface area contributed by atoms with Gasteiger partial charge in [0, 0.05) is 12.6 Å². The number of hydrogen-bond acceptors (Lipinski definition) is 5. The molecule has 2 heterocycles. The molecule has 2 aliphatic rings. The summed E-state index contributed by atoms with van der Waals surface area (Å²) in [5.74, 6) is -0.0315. The van der Waals surface area contributed by atoms with Crippen LogP contribution in [-0.2, 0) is 21.1 Å². The highest BCUT2D eigenvalue weighted by Crippen LogP contribution is 2.36. The van der Waals surface area contributed by atoms with Gasteiger partial charge in [-0.25, -0.2) is 17.6 Å². The Hall–Kier alpha value is -2.27. The average Bonchev–Trinajstić information content (AvgIpc) is 2.96. The van der Waals surface area contributed by atoms with Crippen LogP contribution >= 0.6 is 0 Å². The first-order valence-electron chi connectivity index (χ1n) is 7.77. The van der Waals surface area contributed by atoms with E-state index in [0.717, 1.165) is 6.08 Å². The topological polar surface area (TPSA) is 79.2 Å². The number of dihydropyridines is 1. The second-order valence-electron chi connectivity index (χ2n) is 5.82. The highest BCUT2D eigenvalue weighted by Gasteiger charge is 2.43. The third-order valence-electron chi connectivity index (χ3n) is 4.21. The van der Waals surface area contributed by atoms with E-state index in [2.05, 4.69) is 9.98 Å². The van der Waals surface area contributed by atoms with Gasteiger partial charge in [0.05, 0.1) is 16.2 Å². The molecule has 0 spiro atoms. The molecule has 144 valence electrons. The minimum atomic E-state index is -4.75. The maximum Gasteiger partial charge on any atom is 0.419 e. The fourth-order valence-corrected chi connectivity index (χ4v) is 4.36. The number of rotatable bonds is 3. The molecule has 1 aromatic rings. The number of benzene rings is 1. The molecule has 0 saturated carbocycles. The summed E-state index contributed by atoms with van der Waals surface area (Å²) in [6, 6.07) is 6.20. The summed E-state index contributed by atoms with van der Waals surface area (Å²) < 4.78 is 75.3. The van der Waals surface area contributed by atoms with Gasteiger partial charge in [-0.05, 0) is 12.1 Å². The van der Waals surface area contributed by atoms with Crippen LogP contribution in [0.4, 0.5) is 13.2 Å². The highest BCUT2D eigenvalue weighted by atomic mass is 32.2. The van der Waals surface area contributed by atoms with Crippen molar-refractivity contribution in [1.82, 2.24) is 4.90 Å². The summed E-state index contributed by atoms with van der Waals surface area (Å²) in [5.41, 5.74) is -0.866. The van der Waals surface area contributed by atoms with Crippen LogP contribution in [0.25, 0.3) is 0 Å². The van der Waals surface area contributed by atoms with Crippen LogP contribution in [0.15, 0.2) is 50.8 Å². The minimum absolute atomic E-state index is 0.0451. The van der Waals surface area contributed by atoms with Crippen molar-refractivity contribution in [1.29, 1.82) is 0 Å². The summed E-state index contributed by atoms with van der Waals surface area (Å²) in [6.45, 7) is 1.51. The third-order valence-corrected chi connectivity index (χ3v) is 6.48. The number of sulfone groups is 1. The zero-order valence-electron chi connectivity index (χ0n) is 14.2. The maximum absolute atomic E-state index is 13.2. The first-order valence-corrected chi connectivity index (χ1v) is 10.2. The number of amidine groups is 1. The van der Waals surface area contributed by atoms with E-state index in [1.807, 2.05) is 0 Å². The van der Waals surface area contributed by atoms with E-state index in [1.165, 1.54) is 24.9 Å². The van der Waals surface area contributed by atoms with Crippen molar-refractivity contribution < 1.29 is 25.8 Å². The predicted octanol–water partition coefficient (Wildman–Crippen LogP) is 2.11. The molecule has 27 heavy (non-hydrogen) atoms. The standard InChI is InChI=1S/C16H14F3N3O3S2/c1-3-27(24,25)12-7-5-4-6-9(12)13-20-11-8-10(16(17,18)19)15(26-23)21-14(11)22(13)2/h4-8,13H,3H2,1-2H3. The van der Waals surface area contributed by atoms with Gasteiger partial charge >= 0.3 is 6.18 Å². The summed E-state index contributed by atoms with van der Waals surface area (Å²) in [7, 11) is -2.03. The molecule has 0 saturated heterocycles. The molecule has 0 aliphatic carbocycles. The smallest absolute Gasteiger partial charge is 0.332 e. The lowest BCUT2D eigenvalue weighted by atomic mass is 10.1. The zero-order chi connectivity index (χ0) is 20.0. The molecule has 0 radical (unpaired) electrons. The van der Waals surface area contributed by atoms with Crippen LogP contribution in [0.2, 0.25) is 0 Å². The average molecular weight is 417 g/mol. The van der Waals surface area contributed by atoms with E-state index in [9.17, 15) is 25.8 Å². The maximum atomic E-state index is 13.2. The molecule has 0 aromatic heterocycles. The first-order chi connectivity index (χ1) is 12.6. The molecule has 0 N–H and O–H groups in total. The van der Waals surface area contributed by atoms with Gasteiger partial charge < -0.3 is 4.90 Å². The van der Waals surface area contributed by atoms with E-state index in [4.69, 9.17) is 0 Å². The van der Waals surface area contributed by atoms with E-state index in [0.29, 0.717) is 5.56 Å². The lowest BCUT2D eigenvalue weighted by Gasteiger charge is -2.24.